The first-order valence-electron chi connectivity index (χ1n) is 12.5. The van der Waals surface area contributed by atoms with Crippen LogP contribution < -0.4 is 10.6 Å². The first-order valence-corrected chi connectivity index (χ1v) is 12.5. The van der Waals surface area contributed by atoms with Gasteiger partial charge in [0.15, 0.2) is 0 Å². The zero-order chi connectivity index (χ0) is 25.9. The van der Waals surface area contributed by atoms with E-state index in [1.54, 1.807) is 25.7 Å². The predicted octanol–water partition coefficient (Wildman–Crippen LogP) is 5.19. The Labute approximate surface area is 206 Å². The van der Waals surface area contributed by atoms with Gasteiger partial charge in [-0.1, -0.05) is 51.3 Å². The lowest BCUT2D eigenvalue weighted by atomic mass is 9.98. The minimum absolute atomic E-state index is 0.000900. The molecule has 2 atom stereocenters. The maximum atomic E-state index is 13.5. The van der Waals surface area contributed by atoms with Crippen molar-refractivity contribution in [3.05, 3.63) is 34.9 Å². The molecule has 0 saturated heterocycles. The molecule has 0 saturated carbocycles. The third kappa shape index (κ3) is 10.1. The Bertz CT molecular complexity index is 817. The van der Waals surface area contributed by atoms with E-state index in [-0.39, 0.29) is 24.4 Å². The van der Waals surface area contributed by atoms with Crippen molar-refractivity contribution in [1.29, 1.82) is 0 Å². The normalized spacial score (nSPS) is 13.1. The molecule has 0 aliphatic heterocycles. The lowest BCUT2D eigenvalue weighted by Crippen LogP contribution is -2.49. The third-order valence-corrected chi connectivity index (χ3v) is 5.62. The van der Waals surface area contributed by atoms with Crippen molar-refractivity contribution in [2.24, 2.45) is 0 Å². The summed E-state index contributed by atoms with van der Waals surface area (Å²) in [5.74, 6) is -0.519. The van der Waals surface area contributed by atoms with Crippen LogP contribution in [0.3, 0.4) is 0 Å². The van der Waals surface area contributed by atoms with E-state index < -0.39 is 17.7 Å². The number of carbonyl (C=O) groups excluding carboxylic acids is 3. The van der Waals surface area contributed by atoms with Crippen LogP contribution in [-0.2, 0) is 14.3 Å². The quantitative estimate of drug-likeness (QED) is 0.407. The molecule has 1 aromatic rings. The van der Waals surface area contributed by atoms with Gasteiger partial charge in [-0.3, -0.25) is 9.59 Å². The van der Waals surface area contributed by atoms with E-state index >= 15 is 0 Å². The van der Waals surface area contributed by atoms with Crippen molar-refractivity contribution >= 4 is 17.9 Å². The van der Waals surface area contributed by atoms with Crippen molar-refractivity contribution < 1.29 is 19.1 Å². The monoisotopic (exact) mass is 475 g/mol. The molecule has 0 bridgehead atoms. The van der Waals surface area contributed by atoms with Crippen LogP contribution in [0.25, 0.3) is 0 Å². The van der Waals surface area contributed by atoms with Gasteiger partial charge in [-0.15, -0.1) is 0 Å². The third-order valence-electron chi connectivity index (χ3n) is 5.62. The molecule has 192 valence electrons. The van der Waals surface area contributed by atoms with E-state index in [1.807, 2.05) is 39.0 Å². The second kappa shape index (κ2) is 14.0. The molecule has 0 heterocycles. The van der Waals surface area contributed by atoms with Crippen LogP contribution in [0.15, 0.2) is 18.2 Å². The van der Waals surface area contributed by atoms with Crippen molar-refractivity contribution in [2.75, 3.05) is 13.1 Å². The van der Waals surface area contributed by atoms with Gasteiger partial charge in [-0.05, 0) is 71.1 Å². The standard InChI is InChI=1S/C27H45N3O4/c1-9-11-12-16-30(23(31)18-28-26(33)34-27(6,7)8)24(25(32)29-21(5)13-10-2)22-15-14-19(3)20(4)17-22/h14-15,17,21,24H,9-13,16,18H2,1-8H3,(H,28,33)(H,29,32). The minimum atomic E-state index is -0.775. The first kappa shape index (κ1) is 29.5. The lowest BCUT2D eigenvalue weighted by molar-refractivity contribution is -0.140. The molecule has 0 aliphatic rings. The molecule has 34 heavy (non-hydrogen) atoms. The first-order chi connectivity index (χ1) is 15.9. The average molecular weight is 476 g/mol. The second-order valence-electron chi connectivity index (χ2n) is 10.1. The van der Waals surface area contributed by atoms with E-state index in [2.05, 4.69) is 24.5 Å². The maximum Gasteiger partial charge on any atom is 0.408 e. The van der Waals surface area contributed by atoms with Crippen LogP contribution >= 0.6 is 0 Å². The highest BCUT2D eigenvalue weighted by molar-refractivity contribution is 5.90. The fourth-order valence-corrected chi connectivity index (χ4v) is 3.73. The number of nitrogens with one attached hydrogen (secondary N) is 2. The Hall–Kier alpha value is -2.57. The van der Waals surface area contributed by atoms with Crippen molar-refractivity contribution in [1.82, 2.24) is 15.5 Å². The fraction of sp³-hybridized carbons (Fsp3) is 0.667. The number of hydrogen-bond acceptors (Lipinski definition) is 4. The van der Waals surface area contributed by atoms with Crippen LogP contribution in [0, 0.1) is 13.8 Å². The molecule has 0 fully saturated rings. The molecule has 0 spiro atoms. The maximum absolute atomic E-state index is 13.5. The Morgan fingerprint density at radius 2 is 1.71 bits per heavy atom. The largest absolute Gasteiger partial charge is 0.444 e. The van der Waals surface area contributed by atoms with Crippen LogP contribution in [0.5, 0.6) is 0 Å². The van der Waals surface area contributed by atoms with Crippen molar-refractivity contribution in [3.8, 4) is 0 Å². The summed E-state index contributed by atoms with van der Waals surface area (Å²) < 4.78 is 5.27. The highest BCUT2D eigenvalue weighted by atomic mass is 16.6. The van der Waals surface area contributed by atoms with E-state index in [4.69, 9.17) is 4.74 Å². The minimum Gasteiger partial charge on any atom is -0.444 e. The van der Waals surface area contributed by atoms with Crippen LogP contribution in [0.2, 0.25) is 0 Å². The predicted molar refractivity (Wildman–Crippen MR) is 137 cm³/mol. The van der Waals surface area contributed by atoms with Crippen LogP contribution in [0.4, 0.5) is 4.79 Å². The summed E-state index contributed by atoms with van der Waals surface area (Å²) >= 11 is 0. The Kier molecular flexibility index (Phi) is 12.1. The molecule has 1 rings (SSSR count). The number of amides is 3. The molecule has 2 unspecified atom stereocenters. The Morgan fingerprint density at radius 1 is 1.03 bits per heavy atom. The number of alkyl carbamates (subject to hydrolysis) is 1. The highest BCUT2D eigenvalue weighted by Crippen LogP contribution is 2.25. The van der Waals surface area contributed by atoms with Crippen molar-refractivity contribution in [3.63, 3.8) is 0 Å². The summed E-state index contributed by atoms with van der Waals surface area (Å²) in [5, 5.41) is 5.64. The summed E-state index contributed by atoms with van der Waals surface area (Å²) in [6, 6.07) is 5.10. The number of carbonyl (C=O) groups is 3. The second-order valence-corrected chi connectivity index (χ2v) is 10.1. The number of nitrogens with zero attached hydrogens (tertiary/aromatic N) is 1. The van der Waals surface area contributed by atoms with E-state index in [0.29, 0.717) is 6.54 Å². The number of rotatable bonds is 12. The zero-order valence-corrected chi connectivity index (χ0v) is 22.4. The van der Waals surface area contributed by atoms with Gasteiger partial charge in [0, 0.05) is 12.6 Å². The number of benzene rings is 1. The molecule has 1 aromatic carbocycles. The topological polar surface area (TPSA) is 87.7 Å². The Morgan fingerprint density at radius 3 is 2.26 bits per heavy atom. The summed E-state index contributed by atoms with van der Waals surface area (Å²) in [6.45, 7) is 15.7. The highest BCUT2D eigenvalue weighted by Gasteiger charge is 2.32. The van der Waals surface area contributed by atoms with Gasteiger partial charge in [-0.25, -0.2) is 4.79 Å². The number of ether oxygens (including phenoxy) is 1. The van der Waals surface area contributed by atoms with Crippen LogP contribution in [-0.4, -0.2) is 47.5 Å². The van der Waals surface area contributed by atoms with Gasteiger partial charge in [-0.2, -0.15) is 0 Å². The molecule has 0 aromatic heterocycles. The number of hydrogen-bond donors (Lipinski definition) is 2. The number of aryl methyl sites for hydroxylation is 2. The molecule has 7 nitrogen and oxygen atoms in total. The van der Waals surface area contributed by atoms with Gasteiger partial charge in [0.05, 0.1) is 0 Å². The lowest BCUT2D eigenvalue weighted by Gasteiger charge is -2.33. The summed E-state index contributed by atoms with van der Waals surface area (Å²) in [4.78, 5) is 40.6. The van der Waals surface area contributed by atoms with E-state index in [9.17, 15) is 14.4 Å². The molecule has 0 radical (unpaired) electrons. The van der Waals surface area contributed by atoms with E-state index in [0.717, 1.165) is 48.8 Å². The summed E-state index contributed by atoms with van der Waals surface area (Å²) in [7, 11) is 0. The Balaban J connectivity index is 3.26. The molecular weight excluding hydrogens is 430 g/mol. The molecular formula is C27H45N3O4. The van der Waals surface area contributed by atoms with Gasteiger partial charge < -0.3 is 20.3 Å². The number of unbranched alkanes of at least 4 members (excludes halogenated alkanes) is 2. The molecule has 2 N–H and O–H groups in total. The zero-order valence-electron chi connectivity index (χ0n) is 22.4. The van der Waals surface area contributed by atoms with Gasteiger partial charge in [0.1, 0.15) is 18.2 Å². The fourth-order valence-electron chi connectivity index (χ4n) is 3.73. The summed E-state index contributed by atoms with van der Waals surface area (Å²) in [5.41, 5.74) is 2.29. The van der Waals surface area contributed by atoms with Crippen LogP contribution in [0.1, 0.15) is 96.4 Å². The molecule has 0 aliphatic carbocycles. The average Bonchev–Trinajstić information content (AvgIpc) is 2.72. The molecule has 7 heteroatoms. The van der Waals surface area contributed by atoms with E-state index in [1.165, 1.54) is 0 Å². The molecule has 3 amide bonds. The van der Waals surface area contributed by atoms with Crippen molar-refractivity contribution in [2.45, 2.75) is 105 Å². The van der Waals surface area contributed by atoms with Gasteiger partial charge in [0.2, 0.25) is 11.8 Å². The van der Waals surface area contributed by atoms with Gasteiger partial charge >= 0.3 is 6.09 Å². The SMILES string of the molecule is CCCCCN(C(=O)CNC(=O)OC(C)(C)C)C(C(=O)NC(C)CCC)c1ccc(C)c(C)c1. The summed E-state index contributed by atoms with van der Waals surface area (Å²) in [6.07, 6.45) is 3.86. The smallest absolute Gasteiger partial charge is 0.408 e. The van der Waals surface area contributed by atoms with Gasteiger partial charge in [0.25, 0.3) is 0 Å².